The Morgan fingerprint density at radius 3 is 2.40 bits per heavy atom. The van der Waals surface area contributed by atoms with Crippen molar-refractivity contribution in [3.63, 3.8) is 0 Å². The topological polar surface area (TPSA) is 53.5 Å². The highest BCUT2D eigenvalue weighted by Crippen LogP contribution is 2.53. The molecule has 0 saturated carbocycles. The van der Waals surface area contributed by atoms with Gasteiger partial charge in [0.2, 0.25) is 0 Å². The minimum Gasteiger partial charge on any atom is -0.608 e. The predicted molar refractivity (Wildman–Crippen MR) is 76.9 cm³/mol. The van der Waals surface area contributed by atoms with E-state index in [0.717, 1.165) is 12.0 Å². The van der Waals surface area contributed by atoms with Gasteiger partial charge in [-0.3, -0.25) is 0 Å². The molecule has 4 nitrogen and oxygen atoms in total. The molecule has 0 amide bonds. The maximum absolute atomic E-state index is 12.6. The van der Waals surface area contributed by atoms with Crippen LogP contribution in [0, 0.1) is 0 Å². The Balaban J connectivity index is 1.74. The Labute approximate surface area is 119 Å². The summed E-state index contributed by atoms with van der Waals surface area (Å²) in [4.78, 5) is 12.6. The van der Waals surface area contributed by atoms with Crippen LogP contribution in [0.1, 0.15) is 18.0 Å². The third-order valence-corrected chi connectivity index (χ3v) is 4.75. The van der Waals surface area contributed by atoms with Gasteiger partial charge in [-0.05, 0) is 24.1 Å². The second kappa shape index (κ2) is 5.90. The van der Waals surface area contributed by atoms with Gasteiger partial charge in [-0.25, -0.2) is 0 Å². The van der Waals surface area contributed by atoms with Crippen molar-refractivity contribution in [3.8, 4) is 5.75 Å². The molecule has 0 spiro atoms. The smallest absolute Gasteiger partial charge is 0.362 e. The van der Waals surface area contributed by atoms with Crippen molar-refractivity contribution in [1.29, 1.82) is 0 Å². The van der Waals surface area contributed by atoms with E-state index in [9.17, 15) is 4.89 Å². The average Bonchev–Trinajstić information content (AvgIpc) is 2.49. The zero-order chi connectivity index (χ0) is 13.8. The van der Waals surface area contributed by atoms with Crippen LogP contribution in [0.5, 0.6) is 5.75 Å². The van der Waals surface area contributed by atoms with Crippen molar-refractivity contribution in [1.82, 2.24) is 5.09 Å². The van der Waals surface area contributed by atoms with Crippen molar-refractivity contribution in [2.24, 2.45) is 0 Å². The lowest BCUT2D eigenvalue weighted by Gasteiger charge is -2.34. The highest BCUT2D eigenvalue weighted by Gasteiger charge is 2.40. The van der Waals surface area contributed by atoms with Crippen LogP contribution in [-0.2, 0) is 4.52 Å². The molecule has 0 aliphatic carbocycles. The second-order valence-electron chi connectivity index (χ2n) is 4.62. The van der Waals surface area contributed by atoms with E-state index in [1.54, 1.807) is 12.1 Å². The number of para-hydroxylation sites is 1. The van der Waals surface area contributed by atoms with Gasteiger partial charge in [0.25, 0.3) is 0 Å². The first-order chi connectivity index (χ1) is 9.75. The van der Waals surface area contributed by atoms with E-state index in [0.29, 0.717) is 12.4 Å². The van der Waals surface area contributed by atoms with Gasteiger partial charge in [0.05, 0.1) is 12.6 Å². The third-order valence-electron chi connectivity index (χ3n) is 3.15. The summed E-state index contributed by atoms with van der Waals surface area (Å²) in [6.07, 6.45) is 0.770. The maximum Gasteiger partial charge on any atom is 0.362 e. The van der Waals surface area contributed by atoms with E-state index in [4.69, 9.17) is 9.05 Å². The SMILES string of the molecule is [O-][P+]1(Oc2ccccc2)NC(c2ccccc2)CCO1. The third kappa shape index (κ3) is 3.17. The number of hydrogen-bond donors (Lipinski definition) is 1. The number of nitrogens with one attached hydrogen (secondary N) is 1. The van der Waals surface area contributed by atoms with Crippen LogP contribution in [0.2, 0.25) is 0 Å². The molecule has 3 rings (SSSR count). The van der Waals surface area contributed by atoms with Gasteiger partial charge >= 0.3 is 8.09 Å². The standard InChI is InChI=1S/C15H16NO3P/c17-20(19-14-9-5-2-6-10-14)16-15(11-12-18-20)13-7-3-1-4-8-13/h1-10,15H,11-12H2,(H,16,17). The molecule has 1 saturated heterocycles. The van der Waals surface area contributed by atoms with Crippen LogP contribution in [0.4, 0.5) is 0 Å². The lowest BCUT2D eigenvalue weighted by molar-refractivity contribution is -0.219. The molecule has 1 fully saturated rings. The van der Waals surface area contributed by atoms with E-state index >= 15 is 0 Å². The zero-order valence-electron chi connectivity index (χ0n) is 10.9. The summed E-state index contributed by atoms with van der Waals surface area (Å²) in [6, 6.07) is 19.0. The van der Waals surface area contributed by atoms with E-state index in [1.807, 2.05) is 48.5 Å². The summed E-state index contributed by atoms with van der Waals surface area (Å²) in [5, 5.41) is 3.01. The quantitative estimate of drug-likeness (QED) is 0.883. The fourth-order valence-corrected chi connectivity index (χ4v) is 3.77. The molecule has 0 radical (unpaired) electrons. The molecule has 0 bridgehead atoms. The Kier molecular flexibility index (Phi) is 3.99. The van der Waals surface area contributed by atoms with Crippen LogP contribution in [0.25, 0.3) is 0 Å². The summed E-state index contributed by atoms with van der Waals surface area (Å²) >= 11 is 0. The summed E-state index contributed by atoms with van der Waals surface area (Å²) < 4.78 is 10.9. The van der Waals surface area contributed by atoms with Crippen molar-refractivity contribution in [2.75, 3.05) is 6.61 Å². The summed E-state index contributed by atoms with van der Waals surface area (Å²) in [6.45, 7) is 0.413. The Hall–Kier alpha value is -1.45. The van der Waals surface area contributed by atoms with Crippen LogP contribution < -0.4 is 14.5 Å². The number of hydrogen-bond acceptors (Lipinski definition) is 4. The van der Waals surface area contributed by atoms with Crippen molar-refractivity contribution in [3.05, 3.63) is 66.2 Å². The van der Waals surface area contributed by atoms with E-state index < -0.39 is 8.09 Å². The van der Waals surface area contributed by atoms with Crippen LogP contribution in [0.15, 0.2) is 60.7 Å². The minimum atomic E-state index is -3.31. The highest BCUT2D eigenvalue weighted by atomic mass is 31.2. The summed E-state index contributed by atoms with van der Waals surface area (Å²) in [5.74, 6) is 0.539. The molecule has 1 N–H and O–H groups in total. The van der Waals surface area contributed by atoms with Crippen LogP contribution >= 0.6 is 8.09 Å². The maximum atomic E-state index is 12.6. The lowest BCUT2D eigenvalue weighted by atomic mass is 10.1. The van der Waals surface area contributed by atoms with Gasteiger partial charge in [-0.2, -0.15) is 4.52 Å². The molecule has 1 aliphatic heterocycles. The van der Waals surface area contributed by atoms with E-state index in [2.05, 4.69) is 5.09 Å². The van der Waals surface area contributed by atoms with E-state index in [1.165, 1.54) is 0 Å². The molecule has 20 heavy (non-hydrogen) atoms. The number of benzene rings is 2. The molecular formula is C15H16NO3P. The molecule has 1 heterocycles. The first-order valence-corrected chi connectivity index (χ1v) is 8.11. The summed E-state index contributed by atoms with van der Waals surface area (Å²) in [7, 11) is -3.31. The largest absolute Gasteiger partial charge is 0.608 e. The van der Waals surface area contributed by atoms with E-state index in [-0.39, 0.29) is 6.04 Å². The first kappa shape index (κ1) is 13.5. The zero-order valence-corrected chi connectivity index (χ0v) is 11.8. The first-order valence-electron chi connectivity index (χ1n) is 6.57. The molecular weight excluding hydrogens is 273 g/mol. The highest BCUT2D eigenvalue weighted by molar-refractivity contribution is 7.57. The fraction of sp³-hybridized carbons (Fsp3) is 0.200. The molecule has 2 aromatic carbocycles. The Morgan fingerprint density at radius 2 is 1.70 bits per heavy atom. The van der Waals surface area contributed by atoms with Gasteiger partial charge in [0.15, 0.2) is 5.75 Å². The molecule has 2 atom stereocenters. The van der Waals surface area contributed by atoms with Crippen LogP contribution in [0.3, 0.4) is 0 Å². The Morgan fingerprint density at radius 1 is 1.05 bits per heavy atom. The lowest BCUT2D eigenvalue weighted by Crippen LogP contribution is -2.38. The fourth-order valence-electron chi connectivity index (χ4n) is 2.18. The molecule has 5 heteroatoms. The monoisotopic (exact) mass is 289 g/mol. The summed E-state index contributed by atoms with van der Waals surface area (Å²) in [5.41, 5.74) is 1.09. The number of rotatable bonds is 3. The van der Waals surface area contributed by atoms with Crippen molar-refractivity contribution >= 4 is 8.09 Å². The van der Waals surface area contributed by atoms with Gasteiger partial charge in [0.1, 0.15) is 0 Å². The van der Waals surface area contributed by atoms with Gasteiger partial charge in [0, 0.05) is 0 Å². The van der Waals surface area contributed by atoms with Crippen molar-refractivity contribution < 1.29 is 13.9 Å². The van der Waals surface area contributed by atoms with Crippen LogP contribution in [-0.4, -0.2) is 6.61 Å². The van der Waals surface area contributed by atoms with Gasteiger partial charge in [-0.1, -0.05) is 48.5 Å². The van der Waals surface area contributed by atoms with Crippen molar-refractivity contribution in [2.45, 2.75) is 12.5 Å². The van der Waals surface area contributed by atoms with Gasteiger partial charge in [-0.15, -0.1) is 5.09 Å². The Bertz CT molecular complexity index is 552. The average molecular weight is 289 g/mol. The molecule has 104 valence electrons. The minimum absolute atomic E-state index is 0.0144. The normalized spacial score (nSPS) is 26.1. The molecule has 2 unspecified atom stereocenters. The molecule has 1 aliphatic rings. The van der Waals surface area contributed by atoms with Gasteiger partial charge < -0.3 is 9.42 Å². The predicted octanol–water partition coefficient (Wildman–Crippen LogP) is 2.85. The second-order valence-corrected chi connectivity index (χ2v) is 6.31. The molecule has 2 aromatic rings. The molecule has 0 aromatic heterocycles.